The molecule has 4 heteroatoms. The Bertz CT molecular complexity index is 290. The van der Waals surface area contributed by atoms with E-state index in [0.29, 0.717) is 11.8 Å². The molecule has 1 aromatic rings. The average Bonchev–Trinajstić information content (AvgIpc) is 2.82. The third-order valence-corrected chi connectivity index (χ3v) is 2.66. The van der Waals surface area contributed by atoms with Gasteiger partial charge in [0.2, 0.25) is 5.89 Å². The van der Waals surface area contributed by atoms with E-state index in [-0.39, 0.29) is 0 Å². The van der Waals surface area contributed by atoms with Gasteiger partial charge in [0.05, 0.1) is 0 Å². The number of hydrogen-bond donors (Lipinski definition) is 1. The lowest BCUT2D eigenvalue weighted by molar-refractivity contribution is 0.317. The van der Waals surface area contributed by atoms with E-state index in [1.807, 2.05) is 13.8 Å². The van der Waals surface area contributed by atoms with Gasteiger partial charge in [0, 0.05) is 11.8 Å². The molecule has 1 aliphatic heterocycles. The van der Waals surface area contributed by atoms with Gasteiger partial charge in [0.1, 0.15) is 0 Å². The van der Waals surface area contributed by atoms with Gasteiger partial charge in [-0.25, -0.2) is 0 Å². The second kappa shape index (κ2) is 6.63. The third kappa shape index (κ3) is 3.30. The summed E-state index contributed by atoms with van der Waals surface area (Å²) in [5.41, 5.74) is 0. The van der Waals surface area contributed by atoms with Crippen LogP contribution < -0.4 is 5.32 Å². The summed E-state index contributed by atoms with van der Waals surface area (Å²) in [6.07, 6.45) is 2.22. The maximum Gasteiger partial charge on any atom is 0.229 e. The molecule has 0 atom stereocenters. The van der Waals surface area contributed by atoms with E-state index in [2.05, 4.69) is 29.3 Å². The van der Waals surface area contributed by atoms with Crippen molar-refractivity contribution in [3.05, 3.63) is 11.7 Å². The zero-order valence-corrected chi connectivity index (χ0v) is 10.8. The molecule has 2 heterocycles. The Balaban J connectivity index is 0.000000606. The summed E-state index contributed by atoms with van der Waals surface area (Å²) in [5.74, 6) is 2.49. The molecule has 0 amide bonds. The standard InChI is InChI=1S/C10H17N3O.C2H6/c1-7(2)9-12-10(14-13-9)8-3-5-11-6-4-8;1-2/h7-8,11H,3-6H2,1-2H3;1-2H3. The van der Waals surface area contributed by atoms with Gasteiger partial charge < -0.3 is 9.84 Å². The Labute approximate surface area is 97.8 Å². The van der Waals surface area contributed by atoms with Crippen LogP contribution >= 0.6 is 0 Å². The summed E-state index contributed by atoms with van der Waals surface area (Å²) in [7, 11) is 0. The van der Waals surface area contributed by atoms with Crippen LogP contribution in [0.25, 0.3) is 0 Å². The molecule has 0 spiro atoms. The van der Waals surface area contributed by atoms with Crippen LogP contribution in [0.3, 0.4) is 0 Å². The summed E-state index contributed by atoms with van der Waals surface area (Å²) in [4.78, 5) is 4.43. The van der Waals surface area contributed by atoms with Crippen LogP contribution in [-0.2, 0) is 0 Å². The Kier molecular flexibility index (Phi) is 5.46. The highest BCUT2D eigenvalue weighted by Crippen LogP contribution is 2.24. The van der Waals surface area contributed by atoms with Crippen LogP contribution in [0.2, 0.25) is 0 Å². The predicted molar refractivity (Wildman–Crippen MR) is 64.6 cm³/mol. The maximum atomic E-state index is 5.28. The Morgan fingerprint density at radius 1 is 1.25 bits per heavy atom. The van der Waals surface area contributed by atoms with Crippen LogP contribution in [0.4, 0.5) is 0 Å². The first-order chi connectivity index (χ1) is 7.77. The van der Waals surface area contributed by atoms with Crippen LogP contribution in [-0.4, -0.2) is 23.2 Å². The fraction of sp³-hybridized carbons (Fsp3) is 0.833. The van der Waals surface area contributed by atoms with Crippen LogP contribution in [0.1, 0.15) is 64.1 Å². The number of rotatable bonds is 2. The molecule has 1 aromatic heterocycles. The molecule has 4 nitrogen and oxygen atoms in total. The fourth-order valence-corrected chi connectivity index (χ4v) is 1.72. The first-order valence-corrected chi connectivity index (χ1v) is 6.31. The molecular weight excluding hydrogens is 202 g/mol. The van der Waals surface area contributed by atoms with Crippen molar-refractivity contribution >= 4 is 0 Å². The van der Waals surface area contributed by atoms with Crippen molar-refractivity contribution in [2.75, 3.05) is 13.1 Å². The fourth-order valence-electron chi connectivity index (χ4n) is 1.72. The van der Waals surface area contributed by atoms with Crippen molar-refractivity contribution in [1.82, 2.24) is 15.5 Å². The summed E-state index contributed by atoms with van der Waals surface area (Å²) in [6, 6.07) is 0. The number of aromatic nitrogens is 2. The van der Waals surface area contributed by atoms with Gasteiger partial charge in [-0.1, -0.05) is 32.9 Å². The molecule has 92 valence electrons. The molecule has 0 aliphatic carbocycles. The zero-order valence-electron chi connectivity index (χ0n) is 10.8. The first kappa shape index (κ1) is 13.2. The van der Waals surface area contributed by atoms with E-state index in [4.69, 9.17) is 4.52 Å². The molecule has 0 radical (unpaired) electrons. The maximum absolute atomic E-state index is 5.28. The van der Waals surface area contributed by atoms with Gasteiger partial charge in [-0.3, -0.25) is 0 Å². The number of piperidine rings is 1. The van der Waals surface area contributed by atoms with Crippen molar-refractivity contribution in [3.8, 4) is 0 Å². The van der Waals surface area contributed by atoms with E-state index in [9.17, 15) is 0 Å². The third-order valence-electron chi connectivity index (χ3n) is 2.66. The Morgan fingerprint density at radius 2 is 1.88 bits per heavy atom. The molecule has 0 unspecified atom stereocenters. The second-order valence-electron chi connectivity index (χ2n) is 4.17. The molecule has 16 heavy (non-hydrogen) atoms. The minimum Gasteiger partial charge on any atom is -0.339 e. The van der Waals surface area contributed by atoms with Gasteiger partial charge in [-0.2, -0.15) is 4.98 Å². The van der Waals surface area contributed by atoms with Gasteiger partial charge in [-0.05, 0) is 25.9 Å². The first-order valence-electron chi connectivity index (χ1n) is 6.31. The number of nitrogens with one attached hydrogen (secondary N) is 1. The molecule has 0 aromatic carbocycles. The van der Waals surface area contributed by atoms with E-state index in [0.717, 1.165) is 37.6 Å². The number of nitrogens with zero attached hydrogens (tertiary/aromatic N) is 2. The monoisotopic (exact) mass is 225 g/mol. The van der Waals surface area contributed by atoms with E-state index in [1.165, 1.54) is 0 Å². The highest BCUT2D eigenvalue weighted by molar-refractivity contribution is 4.98. The van der Waals surface area contributed by atoms with Crippen molar-refractivity contribution in [3.63, 3.8) is 0 Å². The smallest absolute Gasteiger partial charge is 0.229 e. The van der Waals surface area contributed by atoms with Gasteiger partial charge in [0.15, 0.2) is 5.82 Å². The highest BCUT2D eigenvalue weighted by atomic mass is 16.5. The second-order valence-corrected chi connectivity index (χ2v) is 4.17. The van der Waals surface area contributed by atoms with Gasteiger partial charge in [-0.15, -0.1) is 0 Å². The molecule has 1 saturated heterocycles. The van der Waals surface area contributed by atoms with Crippen molar-refractivity contribution < 1.29 is 4.52 Å². The van der Waals surface area contributed by atoms with Crippen LogP contribution in [0, 0.1) is 0 Å². The Morgan fingerprint density at radius 3 is 2.38 bits per heavy atom. The van der Waals surface area contributed by atoms with Gasteiger partial charge in [0.25, 0.3) is 0 Å². The highest BCUT2D eigenvalue weighted by Gasteiger charge is 2.21. The van der Waals surface area contributed by atoms with E-state index >= 15 is 0 Å². The lowest BCUT2D eigenvalue weighted by Crippen LogP contribution is -2.26. The zero-order chi connectivity index (χ0) is 12.0. The molecule has 0 bridgehead atoms. The van der Waals surface area contributed by atoms with E-state index in [1.54, 1.807) is 0 Å². The average molecular weight is 225 g/mol. The van der Waals surface area contributed by atoms with Crippen molar-refractivity contribution in [1.29, 1.82) is 0 Å². The number of hydrogen-bond acceptors (Lipinski definition) is 4. The molecule has 1 fully saturated rings. The van der Waals surface area contributed by atoms with Crippen molar-refractivity contribution in [2.45, 2.75) is 52.4 Å². The summed E-state index contributed by atoms with van der Waals surface area (Å²) >= 11 is 0. The summed E-state index contributed by atoms with van der Waals surface area (Å²) < 4.78 is 5.28. The lowest BCUT2D eigenvalue weighted by atomic mass is 9.98. The lowest BCUT2D eigenvalue weighted by Gasteiger charge is -2.18. The molecule has 1 N–H and O–H groups in total. The topological polar surface area (TPSA) is 51.0 Å². The molecule has 0 saturated carbocycles. The summed E-state index contributed by atoms with van der Waals surface area (Å²) in [6.45, 7) is 10.3. The van der Waals surface area contributed by atoms with Gasteiger partial charge >= 0.3 is 0 Å². The molecular formula is C12H23N3O. The molecule has 1 aliphatic rings. The predicted octanol–water partition coefficient (Wildman–Crippen LogP) is 2.69. The van der Waals surface area contributed by atoms with E-state index < -0.39 is 0 Å². The minimum absolute atomic E-state index is 0.356. The SMILES string of the molecule is CC.CC(C)c1noc(C2CCNCC2)n1. The summed E-state index contributed by atoms with van der Waals surface area (Å²) in [5, 5.41) is 7.31. The quantitative estimate of drug-likeness (QED) is 0.840. The van der Waals surface area contributed by atoms with Crippen LogP contribution in [0.5, 0.6) is 0 Å². The normalized spacial score (nSPS) is 17.1. The molecule has 2 rings (SSSR count). The van der Waals surface area contributed by atoms with Crippen LogP contribution in [0.15, 0.2) is 4.52 Å². The largest absolute Gasteiger partial charge is 0.339 e. The van der Waals surface area contributed by atoms with Crippen molar-refractivity contribution in [2.24, 2.45) is 0 Å². The minimum atomic E-state index is 0.356. The Hall–Kier alpha value is -0.900.